The zero-order valence-electron chi connectivity index (χ0n) is 17.6. The highest BCUT2D eigenvalue weighted by Crippen LogP contribution is 2.26. The number of amides is 1. The van der Waals surface area contributed by atoms with E-state index in [1.165, 1.54) is 11.3 Å². The summed E-state index contributed by atoms with van der Waals surface area (Å²) in [6.45, 7) is 5.27. The van der Waals surface area contributed by atoms with Crippen molar-refractivity contribution in [1.29, 1.82) is 0 Å². The SMILES string of the molecule is CCCCCn1cnc2sc(C(=O)NCCOc3ccc(OC)cc3)c(C)c2c1=O. The fourth-order valence-electron chi connectivity index (χ4n) is 3.15. The first-order valence-electron chi connectivity index (χ1n) is 10.1. The normalized spacial score (nSPS) is 10.9. The molecule has 8 heteroatoms. The maximum atomic E-state index is 12.8. The summed E-state index contributed by atoms with van der Waals surface area (Å²) >= 11 is 1.25. The molecule has 0 saturated heterocycles. The lowest BCUT2D eigenvalue weighted by Gasteiger charge is -2.08. The molecule has 1 amide bonds. The van der Waals surface area contributed by atoms with Crippen LogP contribution in [0.25, 0.3) is 10.2 Å². The number of ether oxygens (including phenoxy) is 2. The molecule has 0 aliphatic heterocycles. The first-order valence-corrected chi connectivity index (χ1v) is 10.9. The molecule has 0 bridgehead atoms. The average molecular weight is 430 g/mol. The lowest BCUT2D eigenvalue weighted by Crippen LogP contribution is -2.28. The van der Waals surface area contributed by atoms with Crippen LogP contribution in [0.1, 0.15) is 41.4 Å². The van der Waals surface area contributed by atoms with Crippen LogP contribution in [0.4, 0.5) is 0 Å². The van der Waals surface area contributed by atoms with E-state index < -0.39 is 0 Å². The van der Waals surface area contributed by atoms with Crippen molar-refractivity contribution in [3.63, 3.8) is 0 Å². The molecule has 3 aromatic rings. The molecule has 0 unspecified atom stereocenters. The second kappa shape index (κ2) is 10.2. The number of nitrogens with zero attached hydrogens (tertiary/aromatic N) is 2. The Balaban J connectivity index is 1.62. The third-order valence-corrected chi connectivity index (χ3v) is 6.04. The van der Waals surface area contributed by atoms with Gasteiger partial charge in [-0.15, -0.1) is 11.3 Å². The van der Waals surface area contributed by atoms with Gasteiger partial charge in [0.05, 0.1) is 30.2 Å². The number of carbonyl (C=O) groups excluding carboxylic acids is 1. The number of nitrogens with one attached hydrogen (secondary N) is 1. The average Bonchev–Trinajstić information content (AvgIpc) is 3.10. The van der Waals surface area contributed by atoms with Crippen molar-refractivity contribution in [2.45, 2.75) is 39.7 Å². The Morgan fingerprint density at radius 3 is 2.63 bits per heavy atom. The highest BCUT2D eigenvalue weighted by Gasteiger charge is 2.19. The number of fused-ring (bicyclic) bond motifs is 1. The van der Waals surface area contributed by atoms with Crippen LogP contribution < -0.4 is 20.3 Å². The van der Waals surface area contributed by atoms with Gasteiger partial charge in [0.15, 0.2) is 0 Å². The molecule has 2 aromatic heterocycles. The fraction of sp³-hybridized carbons (Fsp3) is 0.409. The van der Waals surface area contributed by atoms with Crippen molar-refractivity contribution in [2.24, 2.45) is 0 Å². The Morgan fingerprint density at radius 2 is 1.93 bits per heavy atom. The maximum Gasteiger partial charge on any atom is 0.262 e. The maximum absolute atomic E-state index is 12.8. The number of aryl methyl sites for hydroxylation is 2. The van der Waals surface area contributed by atoms with Gasteiger partial charge in [0.2, 0.25) is 0 Å². The lowest BCUT2D eigenvalue weighted by atomic mass is 10.2. The van der Waals surface area contributed by atoms with Gasteiger partial charge in [0, 0.05) is 6.54 Å². The molecule has 1 aromatic carbocycles. The van der Waals surface area contributed by atoms with Crippen LogP contribution >= 0.6 is 11.3 Å². The second-order valence-electron chi connectivity index (χ2n) is 6.97. The van der Waals surface area contributed by atoms with E-state index in [1.54, 1.807) is 24.9 Å². The summed E-state index contributed by atoms with van der Waals surface area (Å²) in [5.74, 6) is 1.25. The summed E-state index contributed by atoms with van der Waals surface area (Å²) in [6.07, 6.45) is 4.68. The number of hydrogen-bond donors (Lipinski definition) is 1. The van der Waals surface area contributed by atoms with Gasteiger partial charge < -0.3 is 14.8 Å². The van der Waals surface area contributed by atoms with Gasteiger partial charge in [-0.25, -0.2) is 4.98 Å². The third-order valence-electron chi connectivity index (χ3n) is 4.84. The Hall–Kier alpha value is -2.87. The Bertz CT molecular complexity index is 1060. The lowest BCUT2D eigenvalue weighted by molar-refractivity contribution is 0.0950. The minimum Gasteiger partial charge on any atom is -0.497 e. The van der Waals surface area contributed by atoms with Crippen LogP contribution in [0.5, 0.6) is 11.5 Å². The molecule has 7 nitrogen and oxygen atoms in total. The molecule has 0 aliphatic rings. The minimum absolute atomic E-state index is 0.0771. The van der Waals surface area contributed by atoms with Gasteiger partial charge in [-0.3, -0.25) is 14.2 Å². The van der Waals surface area contributed by atoms with E-state index in [9.17, 15) is 9.59 Å². The van der Waals surface area contributed by atoms with Crippen molar-refractivity contribution in [2.75, 3.05) is 20.3 Å². The predicted octanol–water partition coefficient (Wildman–Crippen LogP) is 3.77. The Labute approximate surface area is 179 Å². The van der Waals surface area contributed by atoms with Gasteiger partial charge in [0.25, 0.3) is 11.5 Å². The number of methoxy groups -OCH3 is 1. The number of carbonyl (C=O) groups is 1. The molecule has 0 fully saturated rings. The number of hydrogen-bond acceptors (Lipinski definition) is 6. The largest absolute Gasteiger partial charge is 0.497 e. The summed E-state index contributed by atoms with van der Waals surface area (Å²) in [4.78, 5) is 31.0. The monoisotopic (exact) mass is 429 g/mol. The van der Waals surface area contributed by atoms with Gasteiger partial charge >= 0.3 is 0 Å². The zero-order valence-corrected chi connectivity index (χ0v) is 18.4. The molecular weight excluding hydrogens is 402 g/mol. The quantitative estimate of drug-likeness (QED) is 0.496. The molecule has 2 heterocycles. The molecule has 1 N–H and O–H groups in total. The molecule has 0 radical (unpaired) electrons. The highest BCUT2D eigenvalue weighted by atomic mass is 32.1. The minimum atomic E-state index is -0.217. The van der Waals surface area contributed by atoms with E-state index in [-0.39, 0.29) is 11.5 Å². The summed E-state index contributed by atoms with van der Waals surface area (Å²) in [7, 11) is 1.61. The predicted molar refractivity (Wildman–Crippen MR) is 119 cm³/mol. The summed E-state index contributed by atoms with van der Waals surface area (Å²) < 4.78 is 12.4. The van der Waals surface area contributed by atoms with Crippen LogP contribution in [0.15, 0.2) is 35.4 Å². The van der Waals surface area contributed by atoms with Crippen molar-refractivity contribution >= 4 is 27.5 Å². The van der Waals surface area contributed by atoms with Gasteiger partial charge in [0.1, 0.15) is 22.9 Å². The van der Waals surface area contributed by atoms with Crippen LogP contribution in [0.3, 0.4) is 0 Å². The first-order chi connectivity index (χ1) is 14.5. The van der Waals surface area contributed by atoms with Crippen LogP contribution in [0, 0.1) is 6.92 Å². The molecule has 0 atom stereocenters. The van der Waals surface area contributed by atoms with Gasteiger partial charge in [-0.05, 0) is 43.2 Å². The zero-order chi connectivity index (χ0) is 21.5. The highest BCUT2D eigenvalue weighted by molar-refractivity contribution is 7.20. The summed E-state index contributed by atoms with van der Waals surface area (Å²) in [5, 5.41) is 3.40. The van der Waals surface area contributed by atoms with Crippen molar-refractivity contribution in [3.05, 3.63) is 51.4 Å². The molecule has 0 aliphatic carbocycles. The van der Waals surface area contributed by atoms with E-state index in [0.717, 1.165) is 25.0 Å². The molecule has 30 heavy (non-hydrogen) atoms. The van der Waals surface area contributed by atoms with E-state index in [1.807, 2.05) is 24.3 Å². The molecule has 0 spiro atoms. The Morgan fingerprint density at radius 1 is 1.20 bits per heavy atom. The second-order valence-corrected chi connectivity index (χ2v) is 7.97. The number of unbranched alkanes of at least 4 members (excludes halogenated alkanes) is 2. The number of rotatable bonds is 10. The molecular formula is C22H27N3O4S. The van der Waals surface area contributed by atoms with Crippen LogP contribution in [-0.4, -0.2) is 35.7 Å². The fourth-order valence-corrected chi connectivity index (χ4v) is 4.21. The number of thiophene rings is 1. The van der Waals surface area contributed by atoms with E-state index >= 15 is 0 Å². The third kappa shape index (κ3) is 4.99. The number of benzene rings is 1. The number of aromatic nitrogens is 2. The summed E-state index contributed by atoms with van der Waals surface area (Å²) in [6, 6.07) is 7.26. The standard InChI is InChI=1S/C22H27N3O4S/c1-4-5-6-12-25-14-24-21-18(22(25)27)15(2)19(30-21)20(26)23-11-13-29-17-9-7-16(28-3)8-10-17/h7-10,14H,4-6,11-13H2,1-3H3,(H,23,26). The smallest absolute Gasteiger partial charge is 0.262 e. The topological polar surface area (TPSA) is 82.5 Å². The summed E-state index contributed by atoms with van der Waals surface area (Å²) in [5.41, 5.74) is 0.609. The van der Waals surface area contributed by atoms with Gasteiger partial charge in [-0.2, -0.15) is 0 Å². The van der Waals surface area contributed by atoms with Crippen molar-refractivity contribution < 1.29 is 14.3 Å². The van der Waals surface area contributed by atoms with E-state index in [4.69, 9.17) is 9.47 Å². The first kappa shape index (κ1) is 21.8. The van der Waals surface area contributed by atoms with Crippen molar-refractivity contribution in [3.8, 4) is 11.5 Å². The molecule has 160 valence electrons. The van der Waals surface area contributed by atoms with Crippen LogP contribution in [-0.2, 0) is 6.54 Å². The van der Waals surface area contributed by atoms with Crippen LogP contribution in [0.2, 0.25) is 0 Å². The molecule has 0 saturated carbocycles. The van der Waals surface area contributed by atoms with E-state index in [2.05, 4.69) is 17.2 Å². The van der Waals surface area contributed by atoms with Crippen molar-refractivity contribution in [1.82, 2.24) is 14.9 Å². The van der Waals surface area contributed by atoms with E-state index in [0.29, 0.717) is 46.1 Å². The van der Waals surface area contributed by atoms with Gasteiger partial charge in [-0.1, -0.05) is 19.8 Å². The Kier molecular flexibility index (Phi) is 7.46. The molecule has 3 rings (SSSR count).